The summed E-state index contributed by atoms with van der Waals surface area (Å²) in [6.45, 7) is 0. The topological polar surface area (TPSA) is 59.3 Å². The van der Waals surface area contributed by atoms with Crippen LogP contribution in [0.4, 0.5) is 0 Å². The molecule has 0 aliphatic rings. The Hall–Kier alpha value is -1.59. The van der Waals surface area contributed by atoms with E-state index in [9.17, 15) is 8.42 Å². The Morgan fingerprint density at radius 1 is 1.12 bits per heavy atom. The normalized spacial score (nSPS) is 11.6. The molecule has 1 N–H and O–H groups in total. The van der Waals surface area contributed by atoms with Gasteiger partial charge in [0.05, 0.1) is 11.2 Å². The molecule has 0 aliphatic heterocycles. The minimum absolute atomic E-state index is 0.215. The van der Waals surface area contributed by atoms with E-state index in [0.717, 1.165) is 0 Å². The molecule has 0 unspecified atom stereocenters. The Labute approximate surface area is 94.0 Å². The van der Waals surface area contributed by atoms with Crippen LogP contribution in [0.15, 0.2) is 52.0 Å². The van der Waals surface area contributed by atoms with Crippen LogP contribution in [-0.4, -0.2) is 15.5 Å². The predicted octanol–water partition coefficient (Wildman–Crippen LogP) is 1.85. The van der Waals surface area contributed by atoms with E-state index in [4.69, 9.17) is 4.42 Å². The first kappa shape index (κ1) is 10.9. The lowest BCUT2D eigenvalue weighted by molar-refractivity contribution is 0.575. The van der Waals surface area contributed by atoms with Crippen molar-refractivity contribution in [2.75, 3.05) is 7.05 Å². The fraction of sp³-hybridized carbons (Fsp3) is 0.0909. The lowest BCUT2D eigenvalue weighted by Gasteiger charge is -2.06. The molecule has 2 aromatic rings. The summed E-state index contributed by atoms with van der Waals surface area (Å²) in [5.74, 6) is 0.537. The molecule has 0 aliphatic carbocycles. The maximum Gasteiger partial charge on any atom is 0.241 e. The Balaban J connectivity index is 2.65. The number of furan rings is 1. The molecular weight excluding hydrogens is 226 g/mol. The summed E-state index contributed by atoms with van der Waals surface area (Å²) < 4.78 is 31.0. The van der Waals surface area contributed by atoms with Crippen LogP contribution in [-0.2, 0) is 10.0 Å². The third kappa shape index (κ3) is 1.87. The Kier molecular flexibility index (Phi) is 2.80. The van der Waals surface area contributed by atoms with Crippen molar-refractivity contribution in [1.29, 1.82) is 0 Å². The standard InChI is InChI=1S/C11H11NO3S/c1-12-16(13,14)11-7-3-2-5-9(11)10-6-4-8-15-10/h2-8,12H,1H3. The number of sulfonamides is 1. The molecule has 0 atom stereocenters. The van der Waals surface area contributed by atoms with Crippen LogP contribution in [0.1, 0.15) is 0 Å². The van der Waals surface area contributed by atoms with Crippen LogP contribution >= 0.6 is 0 Å². The maximum absolute atomic E-state index is 11.8. The van der Waals surface area contributed by atoms with Gasteiger partial charge in [-0.05, 0) is 31.3 Å². The van der Waals surface area contributed by atoms with Gasteiger partial charge in [0.25, 0.3) is 0 Å². The second kappa shape index (κ2) is 4.11. The van der Waals surface area contributed by atoms with E-state index in [1.54, 1.807) is 36.4 Å². The quantitative estimate of drug-likeness (QED) is 0.886. The Morgan fingerprint density at radius 3 is 2.50 bits per heavy atom. The molecule has 84 valence electrons. The van der Waals surface area contributed by atoms with E-state index in [-0.39, 0.29) is 4.90 Å². The fourth-order valence-electron chi connectivity index (χ4n) is 1.45. The summed E-state index contributed by atoms with van der Waals surface area (Å²) in [4.78, 5) is 0.215. The number of rotatable bonds is 3. The van der Waals surface area contributed by atoms with E-state index in [1.807, 2.05) is 0 Å². The molecule has 2 rings (SSSR count). The minimum atomic E-state index is -3.46. The molecule has 5 heteroatoms. The summed E-state index contributed by atoms with van der Waals surface area (Å²) in [5.41, 5.74) is 0.557. The van der Waals surface area contributed by atoms with Crippen LogP contribution in [0.25, 0.3) is 11.3 Å². The molecule has 0 spiro atoms. The monoisotopic (exact) mass is 237 g/mol. The Morgan fingerprint density at radius 2 is 1.88 bits per heavy atom. The van der Waals surface area contributed by atoms with Gasteiger partial charge in [-0.15, -0.1) is 0 Å². The molecular formula is C11H11NO3S. The van der Waals surface area contributed by atoms with Gasteiger partial charge < -0.3 is 4.42 Å². The molecule has 0 fully saturated rings. The average molecular weight is 237 g/mol. The van der Waals surface area contributed by atoms with E-state index < -0.39 is 10.0 Å². The summed E-state index contributed by atoms with van der Waals surface area (Å²) in [7, 11) is -2.08. The van der Waals surface area contributed by atoms with Crippen molar-refractivity contribution < 1.29 is 12.8 Å². The van der Waals surface area contributed by atoms with Crippen LogP contribution in [0, 0.1) is 0 Å². The van der Waals surface area contributed by atoms with Crippen molar-refractivity contribution in [3.8, 4) is 11.3 Å². The maximum atomic E-state index is 11.8. The third-order valence-corrected chi connectivity index (χ3v) is 3.70. The number of hydrogen-bond acceptors (Lipinski definition) is 3. The highest BCUT2D eigenvalue weighted by atomic mass is 32.2. The molecule has 0 saturated heterocycles. The Bertz CT molecular complexity index is 573. The molecule has 0 saturated carbocycles. The van der Waals surface area contributed by atoms with E-state index in [2.05, 4.69) is 4.72 Å². The van der Waals surface area contributed by atoms with E-state index in [1.165, 1.54) is 13.3 Å². The zero-order chi connectivity index (χ0) is 11.6. The van der Waals surface area contributed by atoms with Crippen molar-refractivity contribution in [2.24, 2.45) is 0 Å². The van der Waals surface area contributed by atoms with Crippen molar-refractivity contribution in [3.63, 3.8) is 0 Å². The highest BCUT2D eigenvalue weighted by molar-refractivity contribution is 7.89. The van der Waals surface area contributed by atoms with Crippen LogP contribution < -0.4 is 4.72 Å². The molecule has 0 bridgehead atoms. The molecule has 1 aromatic heterocycles. The highest BCUT2D eigenvalue weighted by Gasteiger charge is 2.17. The van der Waals surface area contributed by atoms with Gasteiger partial charge in [-0.1, -0.05) is 12.1 Å². The summed E-state index contributed by atoms with van der Waals surface area (Å²) in [5, 5.41) is 0. The van der Waals surface area contributed by atoms with Crippen molar-refractivity contribution in [1.82, 2.24) is 4.72 Å². The smallest absolute Gasteiger partial charge is 0.241 e. The largest absolute Gasteiger partial charge is 0.464 e. The third-order valence-electron chi connectivity index (χ3n) is 2.23. The van der Waals surface area contributed by atoms with Crippen molar-refractivity contribution in [3.05, 3.63) is 42.7 Å². The molecule has 0 amide bonds. The van der Waals surface area contributed by atoms with Crippen molar-refractivity contribution >= 4 is 10.0 Å². The first-order chi connectivity index (χ1) is 7.65. The summed E-state index contributed by atoms with van der Waals surface area (Å²) in [6, 6.07) is 10.2. The van der Waals surface area contributed by atoms with Gasteiger partial charge in [-0.25, -0.2) is 13.1 Å². The van der Waals surface area contributed by atoms with Crippen LogP contribution in [0.5, 0.6) is 0 Å². The molecule has 1 heterocycles. The molecule has 1 aromatic carbocycles. The highest BCUT2D eigenvalue weighted by Crippen LogP contribution is 2.26. The zero-order valence-electron chi connectivity index (χ0n) is 8.67. The van der Waals surface area contributed by atoms with Crippen molar-refractivity contribution in [2.45, 2.75) is 4.90 Å². The SMILES string of the molecule is CNS(=O)(=O)c1ccccc1-c1ccco1. The lowest BCUT2D eigenvalue weighted by atomic mass is 10.2. The van der Waals surface area contributed by atoms with Gasteiger partial charge in [0.15, 0.2) is 0 Å². The predicted molar refractivity (Wildman–Crippen MR) is 60.4 cm³/mol. The average Bonchev–Trinajstić information content (AvgIpc) is 2.82. The van der Waals surface area contributed by atoms with Crippen LogP contribution in [0.3, 0.4) is 0 Å². The van der Waals surface area contributed by atoms with Gasteiger partial charge in [-0.3, -0.25) is 0 Å². The second-order valence-corrected chi connectivity index (χ2v) is 5.04. The van der Waals surface area contributed by atoms with Gasteiger partial charge >= 0.3 is 0 Å². The number of benzene rings is 1. The summed E-state index contributed by atoms with van der Waals surface area (Å²) >= 11 is 0. The molecule has 0 radical (unpaired) electrons. The number of hydrogen-bond donors (Lipinski definition) is 1. The number of nitrogens with one attached hydrogen (secondary N) is 1. The first-order valence-corrected chi connectivity index (χ1v) is 6.20. The van der Waals surface area contributed by atoms with E-state index >= 15 is 0 Å². The van der Waals surface area contributed by atoms with Gasteiger partial charge in [0.2, 0.25) is 10.0 Å². The van der Waals surface area contributed by atoms with E-state index in [0.29, 0.717) is 11.3 Å². The first-order valence-electron chi connectivity index (χ1n) is 4.71. The second-order valence-electron chi connectivity index (χ2n) is 3.18. The van der Waals surface area contributed by atoms with Crippen LogP contribution in [0.2, 0.25) is 0 Å². The minimum Gasteiger partial charge on any atom is -0.464 e. The zero-order valence-corrected chi connectivity index (χ0v) is 9.49. The molecule has 4 nitrogen and oxygen atoms in total. The molecule has 16 heavy (non-hydrogen) atoms. The summed E-state index contributed by atoms with van der Waals surface area (Å²) in [6.07, 6.45) is 1.51. The lowest BCUT2D eigenvalue weighted by Crippen LogP contribution is -2.19. The van der Waals surface area contributed by atoms with Gasteiger partial charge in [0, 0.05) is 5.56 Å². The van der Waals surface area contributed by atoms with Gasteiger partial charge in [0.1, 0.15) is 5.76 Å². The van der Waals surface area contributed by atoms with Gasteiger partial charge in [-0.2, -0.15) is 0 Å². The fourth-order valence-corrected chi connectivity index (χ4v) is 2.38.